The molecule has 0 fully saturated rings. The summed E-state index contributed by atoms with van der Waals surface area (Å²) in [6.45, 7) is 7.91. The summed E-state index contributed by atoms with van der Waals surface area (Å²) in [7, 11) is 0. The van der Waals surface area contributed by atoms with E-state index in [1.54, 1.807) is 35.2 Å². The average Bonchev–Trinajstić information content (AvgIpc) is 3.61. The largest absolute Gasteiger partial charge is 0.450 e. The first-order valence-corrected chi connectivity index (χ1v) is 14.8. The molecule has 5 aromatic rings. The lowest BCUT2D eigenvalue weighted by Gasteiger charge is -2.32. The van der Waals surface area contributed by atoms with Crippen LogP contribution in [0.1, 0.15) is 63.1 Å². The quantitative estimate of drug-likeness (QED) is 0.235. The highest BCUT2D eigenvalue weighted by atomic mass is 35.5. The number of carbonyl (C=O) groups is 2. The van der Waals surface area contributed by atoms with Crippen LogP contribution in [-0.4, -0.2) is 22.0 Å². The van der Waals surface area contributed by atoms with Gasteiger partial charge in [0.2, 0.25) is 10.9 Å². The maximum absolute atomic E-state index is 15.0. The van der Waals surface area contributed by atoms with Crippen LogP contribution in [-0.2, 0) is 16.9 Å². The highest BCUT2D eigenvalue weighted by molar-refractivity contribution is 7.15. The molecule has 0 bridgehead atoms. The highest BCUT2D eigenvalue weighted by Crippen LogP contribution is 2.55. The third-order valence-corrected chi connectivity index (χ3v) is 9.72. The monoisotopic (exact) mass is 596 g/mol. The number of benzene rings is 3. The van der Waals surface area contributed by atoms with Crippen molar-refractivity contribution in [3.05, 3.63) is 114 Å². The molecule has 210 valence electrons. The predicted molar refractivity (Wildman–Crippen MR) is 163 cm³/mol. The van der Waals surface area contributed by atoms with E-state index < -0.39 is 22.8 Å². The van der Waals surface area contributed by atoms with Crippen LogP contribution in [0.25, 0.3) is 11.0 Å². The van der Waals surface area contributed by atoms with Crippen LogP contribution in [0.4, 0.5) is 10.8 Å². The maximum atomic E-state index is 15.0. The van der Waals surface area contributed by atoms with E-state index >= 15 is 4.79 Å². The molecule has 2 aromatic heterocycles. The molecule has 1 spiro atoms. The van der Waals surface area contributed by atoms with Crippen LogP contribution >= 0.6 is 22.9 Å². The SMILES string of the molecule is Cc1cc2oc3c(c(=O)c2cc1C)C1(C(=O)N(Cc2ccccc2Cl)c2ccccc21)N(c1nnc(C(C)C)s1)C3=O. The van der Waals surface area contributed by atoms with Gasteiger partial charge in [0.05, 0.1) is 23.2 Å². The molecule has 2 aliphatic rings. The molecule has 0 saturated carbocycles. The van der Waals surface area contributed by atoms with Gasteiger partial charge in [0.1, 0.15) is 10.6 Å². The Labute approximate surface area is 250 Å². The van der Waals surface area contributed by atoms with E-state index in [0.717, 1.165) is 16.7 Å². The Morgan fingerprint density at radius 1 is 0.976 bits per heavy atom. The van der Waals surface area contributed by atoms with Gasteiger partial charge in [-0.25, -0.2) is 0 Å². The van der Waals surface area contributed by atoms with Gasteiger partial charge in [-0.3, -0.25) is 19.3 Å². The molecule has 42 heavy (non-hydrogen) atoms. The molecule has 0 saturated heterocycles. The summed E-state index contributed by atoms with van der Waals surface area (Å²) in [6, 6.07) is 18.0. The Morgan fingerprint density at radius 2 is 1.69 bits per heavy atom. The number of aromatic nitrogens is 2. The molecule has 0 N–H and O–H groups in total. The Balaban J connectivity index is 1.56. The summed E-state index contributed by atoms with van der Waals surface area (Å²) >= 11 is 7.74. The van der Waals surface area contributed by atoms with Crippen LogP contribution in [0.2, 0.25) is 5.02 Å². The fourth-order valence-corrected chi connectivity index (χ4v) is 7.01. The van der Waals surface area contributed by atoms with Gasteiger partial charge in [0, 0.05) is 16.5 Å². The minimum atomic E-state index is -1.84. The van der Waals surface area contributed by atoms with E-state index in [1.807, 2.05) is 58.0 Å². The zero-order valence-corrected chi connectivity index (χ0v) is 24.8. The number of para-hydroxylation sites is 1. The number of hydrogen-bond acceptors (Lipinski definition) is 7. The first kappa shape index (κ1) is 26.6. The average molecular weight is 597 g/mol. The van der Waals surface area contributed by atoms with Crippen molar-refractivity contribution in [3.63, 3.8) is 0 Å². The number of amides is 2. The highest BCUT2D eigenvalue weighted by Gasteiger charge is 2.66. The number of halogens is 1. The minimum absolute atomic E-state index is 0.0105. The van der Waals surface area contributed by atoms with Crippen molar-refractivity contribution in [2.45, 2.75) is 45.7 Å². The fourth-order valence-electron chi connectivity index (χ4n) is 5.92. The fraction of sp³-hybridized carbons (Fsp3) is 0.219. The summed E-state index contributed by atoms with van der Waals surface area (Å²) in [5, 5.41) is 10.4. The normalized spacial score (nSPS) is 17.7. The van der Waals surface area contributed by atoms with Crippen LogP contribution < -0.4 is 15.2 Å². The van der Waals surface area contributed by atoms with Crippen LogP contribution in [0.5, 0.6) is 0 Å². The van der Waals surface area contributed by atoms with E-state index in [0.29, 0.717) is 32.3 Å². The lowest BCUT2D eigenvalue weighted by Crippen LogP contribution is -2.53. The van der Waals surface area contributed by atoms with Gasteiger partial charge in [-0.2, -0.15) is 0 Å². The molecule has 0 aliphatic carbocycles. The standard InChI is InChI=1S/C32H25ClN4O4S/c1-16(2)28-34-35-31(42-28)37-29(39)27-25(26(38)20-13-17(3)18(4)14-24(20)41-27)32(37)21-10-6-8-12-23(21)36(30(32)40)15-19-9-5-7-11-22(19)33/h5-14,16H,15H2,1-4H3. The maximum Gasteiger partial charge on any atom is 0.297 e. The van der Waals surface area contributed by atoms with Crippen molar-refractivity contribution in [1.29, 1.82) is 0 Å². The smallest absolute Gasteiger partial charge is 0.297 e. The second-order valence-corrected chi connectivity index (χ2v) is 12.4. The topological polar surface area (TPSA) is 96.6 Å². The molecule has 2 amide bonds. The Bertz CT molecular complexity index is 2030. The third kappa shape index (κ3) is 3.50. The van der Waals surface area contributed by atoms with Crippen LogP contribution in [0.3, 0.4) is 0 Å². The van der Waals surface area contributed by atoms with E-state index in [-0.39, 0.29) is 28.9 Å². The van der Waals surface area contributed by atoms with Gasteiger partial charge < -0.3 is 9.32 Å². The van der Waals surface area contributed by atoms with Crippen LogP contribution in [0.15, 0.2) is 69.9 Å². The zero-order valence-electron chi connectivity index (χ0n) is 23.3. The molecule has 8 nitrogen and oxygen atoms in total. The molecule has 1 unspecified atom stereocenters. The lowest BCUT2D eigenvalue weighted by molar-refractivity contribution is -0.121. The van der Waals surface area contributed by atoms with Gasteiger partial charge in [0.25, 0.3) is 11.8 Å². The summed E-state index contributed by atoms with van der Waals surface area (Å²) < 4.78 is 6.24. The van der Waals surface area contributed by atoms with Crippen molar-refractivity contribution in [1.82, 2.24) is 10.2 Å². The zero-order chi connectivity index (χ0) is 29.5. The molecular formula is C32H25ClN4O4S. The summed E-state index contributed by atoms with van der Waals surface area (Å²) in [5.74, 6) is -1.20. The minimum Gasteiger partial charge on any atom is -0.450 e. The molecule has 1 atom stereocenters. The Morgan fingerprint density at radius 3 is 2.43 bits per heavy atom. The van der Waals surface area contributed by atoms with E-state index in [2.05, 4.69) is 10.2 Å². The van der Waals surface area contributed by atoms with Crippen molar-refractivity contribution < 1.29 is 14.0 Å². The Hall–Kier alpha value is -4.34. The van der Waals surface area contributed by atoms with E-state index in [1.165, 1.54) is 16.2 Å². The second-order valence-electron chi connectivity index (χ2n) is 11.0. The number of carbonyl (C=O) groups excluding carboxylic acids is 2. The second kappa shape index (κ2) is 9.34. The number of fused-ring (bicyclic) bond motifs is 5. The molecule has 2 aliphatic heterocycles. The first-order chi connectivity index (χ1) is 20.1. The number of nitrogens with zero attached hydrogens (tertiary/aromatic N) is 4. The number of hydrogen-bond donors (Lipinski definition) is 0. The molecule has 3 aromatic carbocycles. The molecule has 7 rings (SSSR count). The van der Waals surface area contributed by atoms with Gasteiger partial charge in [-0.15, -0.1) is 10.2 Å². The Kier molecular flexibility index (Phi) is 5.90. The van der Waals surface area contributed by atoms with Gasteiger partial charge in [-0.05, 0) is 54.8 Å². The van der Waals surface area contributed by atoms with Gasteiger partial charge in [-0.1, -0.05) is 73.2 Å². The van der Waals surface area contributed by atoms with Crippen molar-refractivity contribution >= 4 is 56.5 Å². The van der Waals surface area contributed by atoms with Crippen molar-refractivity contribution in [3.8, 4) is 0 Å². The third-order valence-electron chi connectivity index (χ3n) is 8.14. The number of rotatable bonds is 4. The first-order valence-electron chi connectivity index (χ1n) is 13.6. The molecule has 10 heteroatoms. The summed E-state index contributed by atoms with van der Waals surface area (Å²) in [5.41, 5.74) is 1.61. The van der Waals surface area contributed by atoms with E-state index in [4.69, 9.17) is 16.0 Å². The lowest BCUT2D eigenvalue weighted by atomic mass is 9.84. The van der Waals surface area contributed by atoms with Gasteiger partial charge >= 0.3 is 0 Å². The predicted octanol–water partition coefficient (Wildman–Crippen LogP) is 6.49. The van der Waals surface area contributed by atoms with E-state index in [9.17, 15) is 9.59 Å². The summed E-state index contributed by atoms with van der Waals surface area (Å²) in [6.07, 6.45) is 0. The molecule has 4 heterocycles. The molecule has 0 radical (unpaired) electrons. The number of anilines is 2. The van der Waals surface area contributed by atoms with Gasteiger partial charge in [0.15, 0.2) is 11.0 Å². The number of aryl methyl sites for hydroxylation is 2. The van der Waals surface area contributed by atoms with Crippen molar-refractivity contribution in [2.75, 3.05) is 9.80 Å². The van der Waals surface area contributed by atoms with Crippen molar-refractivity contribution in [2.24, 2.45) is 0 Å². The van der Waals surface area contributed by atoms with Crippen LogP contribution in [0, 0.1) is 13.8 Å². The molecular weight excluding hydrogens is 572 g/mol. The summed E-state index contributed by atoms with van der Waals surface area (Å²) in [4.78, 5) is 46.8.